The van der Waals surface area contributed by atoms with Gasteiger partial charge in [0, 0.05) is 0 Å². The number of hydrogen-bond acceptors (Lipinski definition) is 2. The van der Waals surface area contributed by atoms with Crippen molar-refractivity contribution in [2.75, 3.05) is 4.72 Å². The summed E-state index contributed by atoms with van der Waals surface area (Å²) in [5.41, 5.74) is -0.0894. The summed E-state index contributed by atoms with van der Waals surface area (Å²) in [5.74, 6) is 0. The second-order valence-corrected chi connectivity index (χ2v) is 6.88. The van der Waals surface area contributed by atoms with Crippen molar-refractivity contribution in [2.45, 2.75) is 24.4 Å². The average molecular weight is 364 g/mol. The summed E-state index contributed by atoms with van der Waals surface area (Å²) in [6.07, 6.45) is -3.78. The third-order valence-electron chi connectivity index (χ3n) is 3.18. The van der Waals surface area contributed by atoms with Crippen LogP contribution in [0.4, 0.5) is 18.9 Å². The van der Waals surface area contributed by atoms with Crippen LogP contribution in [0.2, 0.25) is 5.02 Å². The van der Waals surface area contributed by atoms with E-state index in [0.29, 0.717) is 6.07 Å². The van der Waals surface area contributed by atoms with Gasteiger partial charge < -0.3 is 0 Å². The molecule has 0 bridgehead atoms. The van der Waals surface area contributed by atoms with E-state index >= 15 is 0 Å². The van der Waals surface area contributed by atoms with Gasteiger partial charge in [0.1, 0.15) is 0 Å². The molecule has 8 heteroatoms. The molecule has 0 spiro atoms. The molecule has 0 saturated carbocycles. The molecule has 0 unspecified atom stereocenters. The van der Waals surface area contributed by atoms with Gasteiger partial charge in [-0.2, -0.15) is 13.2 Å². The van der Waals surface area contributed by atoms with Gasteiger partial charge in [0.05, 0.1) is 21.2 Å². The highest BCUT2D eigenvalue weighted by molar-refractivity contribution is 7.92. The number of anilines is 1. The maximum Gasteiger partial charge on any atom is 0.416 e. The smallest absolute Gasteiger partial charge is 0.278 e. The summed E-state index contributed by atoms with van der Waals surface area (Å²) in [5, 5.41) is -0.325. The molecule has 23 heavy (non-hydrogen) atoms. The van der Waals surface area contributed by atoms with Crippen LogP contribution in [0, 0.1) is 0 Å². The van der Waals surface area contributed by atoms with Crippen molar-refractivity contribution < 1.29 is 21.6 Å². The summed E-state index contributed by atoms with van der Waals surface area (Å²) in [7, 11) is -3.92. The quantitative estimate of drug-likeness (QED) is 0.854. The fourth-order valence-corrected chi connectivity index (χ4v) is 3.25. The molecular weight excluding hydrogens is 351 g/mol. The third-order valence-corrected chi connectivity index (χ3v) is 4.88. The first-order valence-electron chi connectivity index (χ1n) is 6.62. The molecule has 124 valence electrons. The van der Waals surface area contributed by atoms with Crippen molar-refractivity contribution in [1.29, 1.82) is 0 Å². The third kappa shape index (κ3) is 4.17. The summed E-state index contributed by atoms with van der Waals surface area (Å²) >= 11 is 5.75. The fraction of sp³-hybridized carbons (Fsp3) is 0.200. The van der Waals surface area contributed by atoms with Crippen LogP contribution in [0.5, 0.6) is 0 Å². The molecule has 0 saturated heterocycles. The first-order valence-corrected chi connectivity index (χ1v) is 8.48. The Balaban J connectivity index is 2.30. The highest BCUT2D eigenvalue weighted by Crippen LogP contribution is 2.34. The van der Waals surface area contributed by atoms with Crippen LogP contribution in [0.1, 0.15) is 18.1 Å². The Labute approximate surface area is 137 Å². The van der Waals surface area contributed by atoms with E-state index in [1.807, 2.05) is 6.92 Å². The highest BCUT2D eigenvalue weighted by Gasteiger charge is 2.31. The first kappa shape index (κ1) is 17.6. The number of hydrogen-bond donors (Lipinski definition) is 1. The van der Waals surface area contributed by atoms with E-state index < -0.39 is 21.8 Å². The number of rotatable bonds is 4. The van der Waals surface area contributed by atoms with Crippen LogP contribution in [0.15, 0.2) is 47.4 Å². The van der Waals surface area contributed by atoms with Crippen molar-refractivity contribution in [3.05, 3.63) is 58.6 Å². The van der Waals surface area contributed by atoms with E-state index in [0.717, 1.165) is 24.1 Å². The first-order chi connectivity index (χ1) is 10.6. The zero-order chi connectivity index (χ0) is 17.3. The molecule has 0 atom stereocenters. The molecule has 0 aliphatic rings. The van der Waals surface area contributed by atoms with Crippen molar-refractivity contribution in [2.24, 2.45) is 0 Å². The summed E-state index contributed by atoms with van der Waals surface area (Å²) in [4.78, 5) is 0.00524. The Kier molecular flexibility index (Phi) is 4.91. The van der Waals surface area contributed by atoms with E-state index in [9.17, 15) is 21.6 Å². The minimum atomic E-state index is -4.54. The van der Waals surface area contributed by atoms with Gasteiger partial charge in [-0.05, 0) is 42.3 Å². The molecular formula is C15H13ClF3NO2S. The van der Waals surface area contributed by atoms with Gasteiger partial charge in [-0.25, -0.2) is 8.42 Å². The van der Waals surface area contributed by atoms with Crippen molar-refractivity contribution in [1.82, 2.24) is 0 Å². The molecule has 2 aromatic rings. The van der Waals surface area contributed by atoms with Crippen LogP contribution in [0.25, 0.3) is 0 Å². The van der Waals surface area contributed by atoms with Gasteiger partial charge in [-0.1, -0.05) is 30.7 Å². The lowest BCUT2D eigenvalue weighted by Gasteiger charge is -2.12. The molecule has 0 amide bonds. The lowest BCUT2D eigenvalue weighted by atomic mass is 10.2. The predicted octanol–water partition coefficient (Wildman–Crippen LogP) is 4.72. The minimum Gasteiger partial charge on any atom is -0.278 e. The summed E-state index contributed by atoms with van der Waals surface area (Å²) in [6, 6.07) is 8.64. The molecule has 0 radical (unpaired) electrons. The Morgan fingerprint density at radius 2 is 1.70 bits per heavy atom. The molecule has 1 N–H and O–H groups in total. The lowest BCUT2D eigenvalue weighted by Crippen LogP contribution is -2.14. The molecule has 0 aliphatic heterocycles. The Morgan fingerprint density at radius 1 is 1.09 bits per heavy atom. The molecule has 2 aromatic carbocycles. The molecule has 3 nitrogen and oxygen atoms in total. The van der Waals surface area contributed by atoms with Crippen molar-refractivity contribution >= 4 is 27.3 Å². The van der Waals surface area contributed by atoms with E-state index in [1.54, 1.807) is 12.1 Å². The van der Waals surface area contributed by atoms with Gasteiger partial charge in [-0.3, -0.25) is 4.72 Å². The minimum absolute atomic E-state index is 0.00524. The van der Waals surface area contributed by atoms with Gasteiger partial charge in [0.25, 0.3) is 10.0 Å². The maximum absolute atomic E-state index is 12.6. The van der Waals surface area contributed by atoms with Crippen LogP contribution < -0.4 is 4.72 Å². The van der Waals surface area contributed by atoms with E-state index in [4.69, 9.17) is 11.6 Å². The summed E-state index contributed by atoms with van der Waals surface area (Å²) in [6.45, 7) is 1.93. The number of sulfonamides is 1. The van der Waals surface area contributed by atoms with Crippen LogP contribution in [-0.2, 0) is 22.6 Å². The van der Waals surface area contributed by atoms with E-state index in [-0.39, 0.29) is 15.6 Å². The Hall–Kier alpha value is -1.73. The number of benzene rings is 2. The largest absolute Gasteiger partial charge is 0.416 e. The molecule has 0 heterocycles. The van der Waals surface area contributed by atoms with Crippen LogP contribution >= 0.6 is 11.6 Å². The van der Waals surface area contributed by atoms with E-state index in [1.165, 1.54) is 12.1 Å². The number of nitrogens with one attached hydrogen (secondary N) is 1. The zero-order valence-corrected chi connectivity index (χ0v) is 13.6. The van der Waals surface area contributed by atoms with Crippen LogP contribution in [0.3, 0.4) is 0 Å². The van der Waals surface area contributed by atoms with Crippen molar-refractivity contribution in [3.63, 3.8) is 0 Å². The normalized spacial score (nSPS) is 12.2. The highest BCUT2D eigenvalue weighted by atomic mass is 35.5. The predicted molar refractivity (Wildman–Crippen MR) is 83.1 cm³/mol. The van der Waals surface area contributed by atoms with E-state index in [2.05, 4.69) is 4.72 Å². The van der Waals surface area contributed by atoms with Gasteiger partial charge in [0.2, 0.25) is 0 Å². The average Bonchev–Trinajstić information content (AvgIpc) is 2.48. The molecule has 0 fully saturated rings. The number of halogens is 4. The molecule has 0 aromatic heterocycles. The summed E-state index contributed by atoms with van der Waals surface area (Å²) < 4.78 is 64.4. The van der Waals surface area contributed by atoms with Gasteiger partial charge in [-0.15, -0.1) is 0 Å². The monoisotopic (exact) mass is 363 g/mol. The SMILES string of the molecule is CCc1ccc(S(=O)(=O)Nc2ccc(C(F)(F)F)cc2Cl)cc1. The lowest BCUT2D eigenvalue weighted by molar-refractivity contribution is -0.137. The van der Waals surface area contributed by atoms with Gasteiger partial charge >= 0.3 is 6.18 Å². The molecule has 0 aliphatic carbocycles. The fourth-order valence-electron chi connectivity index (χ4n) is 1.88. The van der Waals surface area contributed by atoms with Crippen molar-refractivity contribution in [3.8, 4) is 0 Å². The standard InChI is InChI=1S/C15H13ClF3NO2S/c1-2-10-3-6-12(7-4-10)23(21,22)20-14-8-5-11(9-13(14)16)15(17,18)19/h3-9,20H,2H2,1H3. The zero-order valence-electron chi connectivity index (χ0n) is 12.0. The molecule has 2 rings (SSSR count). The van der Waals surface area contributed by atoms with Gasteiger partial charge in [0.15, 0.2) is 0 Å². The van der Waals surface area contributed by atoms with Crippen LogP contribution in [-0.4, -0.2) is 8.42 Å². The second kappa shape index (κ2) is 6.41. The Bertz CT molecular complexity index is 802. The maximum atomic E-state index is 12.6. The number of alkyl halides is 3. The Morgan fingerprint density at radius 3 is 2.17 bits per heavy atom. The number of aryl methyl sites for hydroxylation is 1. The topological polar surface area (TPSA) is 46.2 Å². The second-order valence-electron chi connectivity index (χ2n) is 4.80.